The van der Waals surface area contributed by atoms with Crippen LogP contribution in [0.5, 0.6) is 0 Å². The van der Waals surface area contributed by atoms with E-state index in [0.29, 0.717) is 17.1 Å². The molecule has 0 unspecified atom stereocenters. The predicted molar refractivity (Wildman–Crippen MR) is 161 cm³/mol. The van der Waals surface area contributed by atoms with Crippen LogP contribution in [0.3, 0.4) is 0 Å². The van der Waals surface area contributed by atoms with Gasteiger partial charge in [0.2, 0.25) is 0 Å². The van der Waals surface area contributed by atoms with Gasteiger partial charge in [0.15, 0.2) is 0 Å². The number of nitrogens with zero attached hydrogens (tertiary/aromatic N) is 5. The SMILES string of the molecule is CNN(/C=C(\N)c1cnn(C)c1C)c1cc(C(=O)Nc2cc(N(C)C3CCN(C)CC3)cc(C(F)(F)F)c2)ccc1C. The van der Waals surface area contributed by atoms with E-state index in [9.17, 15) is 18.0 Å². The third-order valence-electron chi connectivity index (χ3n) is 7.93. The molecule has 3 aromatic rings. The number of nitrogens with two attached hydrogens (primary N) is 1. The first-order valence-corrected chi connectivity index (χ1v) is 13.8. The predicted octanol–water partition coefficient (Wildman–Crippen LogP) is 4.74. The molecule has 12 heteroatoms. The Kier molecular flexibility index (Phi) is 9.17. The normalized spacial score (nSPS) is 15.1. The van der Waals surface area contributed by atoms with Crippen LogP contribution < -0.4 is 26.4 Å². The van der Waals surface area contributed by atoms with Crippen molar-refractivity contribution >= 4 is 28.7 Å². The fourth-order valence-electron chi connectivity index (χ4n) is 5.10. The number of hydrazine groups is 1. The lowest BCUT2D eigenvalue weighted by atomic mass is 10.0. The van der Waals surface area contributed by atoms with Crippen molar-refractivity contribution in [3.8, 4) is 0 Å². The van der Waals surface area contributed by atoms with Crippen molar-refractivity contribution in [2.45, 2.75) is 38.9 Å². The van der Waals surface area contributed by atoms with Crippen molar-refractivity contribution in [1.29, 1.82) is 0 Å². The van der Waals surface area contributed by atoms with Crippen LogP contribution in [0, 0.1) is 13.8 Å². The Morgan fingerprint density at radius 3 is 2.40 bits per heavy atom. The Hall–Kier alpha value is -4.03. The van der Waals surface area contributed by atoms with Crippen LogP contribution in [0.4, 0.5) is 30.2 Å². The first kappa shape index (κ1) is 30.9. The average molecular weight is 585 g/mol. The number of benzene rings is 2. The lowest BCUT2D eigenvalue weighted by Crippen LogP contribution is -2.42. The molecule has 0 bridgehead atoms. The molecule has 4 N–H and O–H groups in total. The summed E-state index contributed by atoms with van der Waals surface area (Å²) in [5.41, 5.74) is 13.0. The Balaban J connectivity index is 1.61. The zero-order valence-electron chi connectivity index (χ0n) is 24.9. The summed E-state index contributed by atoms with van der Waals surface area (Å²) in [5, 5.41) is 8.61. The van der Waals surface area contributed by atoms with E-state index >= 15 is 0 Å². The van der Waals surface area contributed by atoms with Gasteiger partial charge < -0.3 is 20.9 Å². The summed E-state index contributed by atoms with van der Waals surface area (Å²) in [7, 11) is 7.39. The molecule has 1 fully saturated rings. The number of amides is 1. The number of alkyl halides is 3. The molecule has 2 aromatic carbocycles. The Bertz CT molecular complexity index is 1460. The van der Waals surface area contributed by atoms with E-state index < -0.39 is 17.6 Å². The van der Waals surface area contributed by atoms with Crippen LogP contribution in [0.15, 0.2) is 48.8 Å². The standard InChI is InChI=1S/C30H39F3N8O/c1-19-7-8-21(13-28(19)41(35-3)18-27(34)26-17-36-40(6)20(26)2)29(42)37-23-14-22(30(31,32)33)15-25(16-23)39(5)24-9-11-38(4)12-10-24/h7-8,13-18,24,35H,9-12,34H2,1-6H3,(H,37,42)/b27-18-. The molecule has 1 aromatic heterocycles. The molecular weight excluding hydrogens is 545 g/mol. The molecule has 226 valence electrons. The molecule has 4 rings (SSSR count). The number of hydrogen-bond donors (Lipinski definition) is 3. The van der Waals surface area contributed by atoms with Crippen molar-refractivity contribution in [1.82, 2.24) is 20.1 Å². The molecule has 0 aliphatic carbocycles. The summed E-state index contributed by atoms with van der Waals surface area (Å²) < 4.78 is 43.3. The molecular formula is C30H39F3N8O. The van der Waals surface area contributed by atoms with Crippen LogP contribution in [0.2, 0.25) is 0 Å². The minimum atomic E-state index is -4.56. The van der Waals surface area contributed by atoms with E-state index in [1.54, 1.807) is 53.4 Å². The number of hydrogen-bond acceptors (Lipinski definition) is 7. The number of carbonyl (C=O) groups excluding carboxylic acids is 1. The Morgan fingerprint density at radius 1 is 1.12 bits per heavy atom. The van der Waals surface area contributed by atoms with Crippen molar-refractivity contribution in [2.24, 2.45) is 12.8 Å². The van der Waals surface area contributed by atoms with Gasteiger partial charge in [0, 0.05) is 61.6 Å². The number of piperidine rings is 1. The third kappa shape index (κ3) is 6.88. The van der Waals surface area contributed by atoms with Gasteiger partial charge >= 0.3 is 6.18 Å². The zero-order chi connectivity index (χ0) is 30.8. The molecule has 0 radical (unpaired) electrons. The van der Waals surface area contributed by atoms with Gasteiger partial charge in [0.25, 0.3) is 5.91 Å². The quantitative estimate of drug-likeness (QED) is 0.330. The van der Waals surface area contributed by atoms with E-state index in [-0.39, 0.29) is 17.3 Å². The van der Waals surface area contributed by atoms with Gasteiger partial charge in [-0.05, 0) is 82.7 Å². The number of carbonyl (C=O) groups is 1. The lowest BCUT2D eigenvalue weighted by molar-refractivity contribution is -0.137. The highest BCUT2D eigenvalue weighted by molar-refractivity contribution is 6.05. The van der Waals surface area contributed by atoms with E-state index in [1.807, 2.05) is 39.9 Å². The average Bonchev–Trinajstić information content (AvgIpc) is 3.29. The van der Waals surface area contributed by atoms with Gasteiger partial charge in [-0.2, -0.15) is 18.3 Å². The van der Waals surface area contributed by atoms with Gasteiger partial charge in [-0.15, -0.1) is 0 Å². The summed E-state index contributed by atoms with van der Waals surface area (Å²) in [4.78, 5) is 17.4. The van der Waals surface area contributed by atoms with Gasteiger partial charge in [-0.1, -0.05) is 6.07 Å². The minimum Gasteiger partial charge on any atom is -0.397 e. The highest BCUT2D eigenvalue weighted by atomic mass is 19.4. The Labute approximate surface area is 244 Å². The van der Waals surface area contributed by atoms with Crippen LogP contribution in [-0.4, -0.2) is 60.9 Å². The number of aryl methyl sites for hydroxylation is 2. The van der Waals surface area contributed by atoms with Crippen molar-refractivity contribution in [2.75, 3.05) is 49.5 Å². The number of halogens is 3. The maximum Gasteiger partial charge on any atom is 0.416 e. The van der Waals surface area contributed by atoms with Gasteiger partial charge in [0.05, 0.1) is 23.1 Å². The van der Waals surface area contributed by atoms with Crippen LogP contribution in [0.25, 0.3) is 5.70 Å². The molecule has 1 aliphatic heterocycles. The number of rotatable bonds is 8. The van der Waals surface area contributed by atoms with E-state index in [0.717, 1.165) is 54.9 Å². The highest BCUT2D eigenvalue weighted by Crippen LogP contribution is 2.36. The van der Waals surface area contributed by atoms with E-state index in [2.05, 4.69) is 20.7 Å². The number of anilines is 3. The molecule has 2 heterocycles. The first-order valence-electron chi connectivity index (χ1n) is 13.8. The number of aromatic nitrogens is 2. The fraction of sp³-hybridized carbons (Fsp3) is 0.400. The van der Waals surface area contributed by atoms with Gasteiger partial charge in [0.1, 0.15) is 0 Å². The Morgan fingerprint density at radius 2 is 1.81 bits per heavy atom. The zero-order valence-corrected chi connectivity index (χ0v) is 24.9. The highest BCUT2D eigenvalue weighted by Gasteiger charge is 2.32. The second-order valence-corrected chi connectivity index (χ2v) is 10.8. The molecule has 1 aliphatic rings. The van der Waals surface area contributed by atoms with Crippen LogP contribution >= 0.6 is 0 Å². The molecule has 1 saturated heterocycles. The lowest BCUT2D eigenvalue weighted by Gasteiger charge is -2.36. The molecule has 1 amide bonds. The van der Waals surface area contributed by atoms with Crippen molar-refractivity contribution < 1.29 is 18.0 Å². The summed E-state index contributed by atoms with van der Waals surface area (Å²) in [5.74, 6) is -0.528. The van der Waals surface area contributed by atoms with Gasteiger partial charge in [-0.3, -0.25) is 14.5 Å². The summed E-state index contributed by atoms with van der Waals surface area (Å²) in [6.45, 7) is 5.55. The first-order chi connectivity index (χ1) is 19.8. The summed E-state index contributed by atoms with van der Waals surface area (Å²) in [6.07, 6.45) is 0.508. The smallest absolute Gasteiger partial charge is 0.397 e. The number of nitrogens with one attached hydrogen (secondary N) is 2. The molecule has 0 atom stereocenters. The maximum atomic E-state index is 13.9. The molecule has 9 nitrogen and oxygen atoms in total. The van der Waals surface area contributed by atoms with Crippen molar-refractivity contribution in [3.05, 3.63) is 76.7 Å². The minimum absolute atomic E-state index is 0.0772. The van der Waals surface area contributed by atoms with Gasteiger partial charge in [-0.25, -0.2) is 5.43 Å². The second kappa shape index (κ2) is 12.5. The third-order valence-corrected chi connectivity index (χ3v) is 7.93. The summed E-state index contributed by atoms with van der Waals surface area (Å²) >= 11 is 0. The number of likely N-dealkylation sites (tertiary alicyclic amines) is 1. The molecule has 0 spiro atoms. The topological polar surface area (TPSA) is 94.7 Å². The second-order valence-electron chi connectivity index (χ2n) is 10.8. The van der Waals surface area contributed by atoms with E-state index in [1.165, 1.54) is 0 Å². The molecule has 42 heavy (non-hydrogen) atoms. The summed E-state index contributed by atoms with van der Waals surface area (Å²) in [6, 6.07) is 8.90. The van der Waals surface area contributed by atoms with Crippen molar-refractivity contribution in [3.63, 3.8) is 0 Å². The maximum absolute atomic E-state index is 13.9. The van der Waals surface area contributed by atoms with E-state index in [4.69, 9.17) is 5.73 Å². The molecule has 0 saturated carbocycles. The van der Waals surface area contributed by atoms with Crippen LogP contribution in [-0.2, 0) is 13.2 Å². The monoisotopic (exact) mass is 584 g/mol. The van der Waals surface area contributed by atoms with Crippen LogP contribution in [0.1, 0.15) is 45.6 Å². The largest absolute Gasteiger partial charge is 0.416 e. The fourth-order valence-corrected chi connectivity index (χ4v) is 5.10.